The fourth-order valence-corrected chi connectivity index (χ4v) is 3.42. The first-order valence-corrected chi connectivity index (χ1v) is 8.46. The number of hydrogen-bond acceptors (Lipinski definition) is 5. The van der Waals surface area contributed by atoms with Gasteiger partial charge in [-0.15, -0.1) is 0 Å². The van der Waals surface area contributed by atoms with E-state index in [9.17, 15) is 24.2 Å². The third kappa shape index (κ3) is 3.28. The highest BCUT2D eigenvalue weighted by Gasteiger charge is 2.38. The van der Waals surface area contributed by atoms with Crippen LogP contribution in [-0.2, 0) is 4.57 Å². The van der Waals surface area contributed by atoms with Crippen LogP contribution in [0.1, 0.15) is 33.6 Å². The largest absolute Gasteiger partial charge is 0.390 e. The van der Waals surface area contributed by atoms with Gasteiger partial charge < -0.3 is 15.7 Å². The lowest BCUT2D eigenvalue weighted by molar-refractivity contribution is 0.0531. The van der Waals surface area contributed by atoms with Crippen molar-refractivity contribution >= 4 is 19.8 Å². The van der Waals surface area contributed by atoms with E-state index in [1.165, 1.54) is 0 Å². The topological polar surface area (TPSA) is 121 Å². The summed E-state index contributed by atoms with van der Waals surface area (Å²) in [6.45, 7) is 0.0456. The Morgan fingerprint density at radius 3 is 2.18 bits per heavy atom. The van der Waals surface area contributed by atoms with Crippen LogP contribution in [0.2, 0.25) is 0 Å². The minimum atomic E-state index is -2.99. The van der Waals surface area contributed by atoms with Crippen LogP contribution in [0.4, 0.5) is 0 Å². The number of hydrogen-bond donors (Lipinski definition) is 3. The number of amides is 2. The number of aliphatic hydroxyl groups excluding tert-OH is 1. The number of nitrogens with zero attached hydrogens (tertiary/aromatic N) is 1. The molecule has 0 saturated carbocycles. The second kappa shape index (κ2) is 7.15. The summed E-state index contributed by atoms with van der Waals surface area (Å²) in [5, 5.41) is 10.2. The van der Waals surface area contributed by atoms with Gasteiger partial charge >= 0.3 is 0 Å². The van der Waals surface area contributed by atoms with E-state index in [2.05, 4.69) is 0 Å². The van der Waals surface area contributed by atoms with E-state index in [0.717, 1.165) is 4.90 Å². The molecule has 1 aliphatic rings. The predicted octanol–water partition coefficient (Wildman–Crippen LogP) is 0.218. The first-order valence-electron chi connectivity index (χ1n) is 7.03. The fourth-order valence-electron chi connectivity index (χ4n) is 2.54. The molecule has 1 aromatic carbocycles. The second-order valence-corrected chi connectivity index (χ2v) is 6.63. The normalized spacial score (nSPS) is 18.2. The van der Waals surface area contributed by atoms with Crippen molar-refractivity contribution in [2.75, 3.05) is 13.1 Å². The molecule has 2 rings (SSSR count). The van der Waals surface area contributed by atoms with Crippen molar-refractivity contribution < 1.29 is 24.2 Å². The summed E-state index contributed by atoms with van der Waals surface area (Å²) in [4.78, 5) is 34.7. The molecule has 22 heavy (non-hydrogen) atoms. The monoisotopic (exact) mass is 326 g/mol. The number of rotatable bonds is 7. The molecule has 0 aliphatic carbocycles. The highest BCUT2D eigenvalue weighted by atomic mass is 31.1. The Balaban J connectivity index is 2.12. The van der Waals surface area contributed by atoms with Gasteiger partial charge in [0.25, 0.3) is 11.8 Å². The van der Waals surface area contributed by atoms with Gasteiger partial charge in [-0.3, -0.25) is 19.1 Å². The predicted molar refractivity (Wildman–Crippen MR) is 81.1 cm³/mol. The minimum Gasteiger partial charge on any atom is -0.390 e. The molecule has 0 spiro atoms. The van der Waals surface area contributed by atoms with E-state index in [0.29, 0.717) is 13.0 Å². The molecule has 4 N–H and O–H groups in total. The lowest BCUT2D eigenvalue weighted by atomic mass is 10.1. The van der Waals surface area contributed by atoms with Gasteiger partial charge in [-0.2, -0.15) is 0 Å². The van der Waals surface area contributed by atoms with E-state index in [1.54, 1.807) is 24.3 Å². The number of aliphatic hydroxyl groups is 1. The number of benzene rings is 1. The molecule has 1 aromatic rings. The average molecular weight is 326 g/mol. The maximum atomic E-state index is 12.2. The van der Waals surface area contributed by atoms with Crippen LogP contribution < -0.4 is 5.73 Å². The standard InChI is InChI=1S/C14H19N2O5P/c15-7-3-6-12(22(20)21)11(17)8-16-13(18)9-4-1-2-5-10(9)14(16)19/h1-2,4-5,11-12,17,22H,3,6-8,15H2,(H,20,21). The van der Waals surface area contributed by atoms with Gasteiger partial charge in [0.15, 0.2) is 8.03 Å². The van der Waals surface area contributed by atoms with Crippen LogP contribution in [-0.4, -0.2) is 51.6 Å². The van der Waals surface area contributed by atoms with Crippen molar-refractivity contribution in [3.63, 3.8) is 0 Å². The Morgan fingerprint density at radius 1 is 1.18 bits per heavy atom. The maximum absolute atomic E-state index is 12.2. The molecular formula is C14H19N2O5P. The van der Waals surface area contributed by atoms with Crippen molar-refractivity contribution in [1.29, 1.82) is 0 Å². The molecule has 0 saturated heterocycles. The third-order valence-electron chi connectivity index (χ3n) is 3.75. The van der Waals surface area contributed by atoms with Gasteiger partial charge in [0.05, 0.1) is 29.4 Å². The molecule has 8 heteroatoms. The van der Waals surface area contributed by atoms with Gasteiger partial charge in [-0.1, -0.05) is 12.1 Å². The van der Waals surface area contributed by atoms with Gasteiger partial charge in [0, 0.05) is 0 Å². The van der Waals surface area contributed by atoms with Crippen molar-refractivity contribution in [2.24, 2.45) is 5.73 Å². The Morgan fingerprint density at radius 2 is 1.73 bits per heavy atom. The summed E-state index contributed by atoms with van der Waals surface area (Å²) in [5.74, 6) is -0.982. The van der Waals surface area contributed by atoms with Gasteiger partial charge in [-0.25, -0.2) is 0 Å². The number of carbonyl (C=O) groups excluding carboxylic acids is 2. The fraction of sp³-hybridized carbons (Fsp3) is 0.429. The van der Waals surface area contributed by atoms with Gasteiger partial charge in [-0.05, 0) is 31.5 Å². The number of β-amino-alcohol motifs (C(OH)–C–C–N with tert-alkyl or cyclic N) is 1. The minimum absolute atomic E-state index is 0.273. The van der Waals surface area contributed by atoms with E-state index < -0.39 is 31.6 Å². The molecule has 0 radical (unpaired) electrons. The lowest BCUT2D eigenvalue weighted by Gasteiger charge is -2.24. The van der Waals surface area contributed by atoms with Gasteiger partial charge in [0.2, 0.25) is 0 Å². The van der Waals surface area contributed by atoms with Crippen molar-refractivity contribution in [2.45, 2.75) is 24.6 Å². The number of nitrogens with two attached hydrogens (primary N) is 1. The Labute approximate surface area is 128 Å². The SMILES string of the molecule is NCCCC(C(O)CN1C(=O)c2ccccc2C1=O)[PH](=O)O. The zero-order valence-electron chi connectivity index (χ0n) is 11.9. The van der Waals surface area contributed by atoms with Crippen LogP contribution >= 0.6 is 8.03 Å². The molecule has 1 heterocycles. The molecule has 0 aromatic heterocycles. The van der Waals surface area contributed by atoms with E-state index in [4.69, 9.17) is 5.73 Å². The highest BCUT2D eigenvalue weighted by Crippen LogP contribution is 2.31. The van der Waals surface area contributed by atoms with E-state index in [1.807, 2.05) is 0 Å². The Kier molecular flexibility index (Phi) is 5.47. The zero-order valence-corrected chi connectivity index (χ0v) is 12.9. The maximum Gasteiger partial charge on any atom is 0.261 e. The van der Waals surface area contributed by atoms with E-state index in [-0.39, 0.29) is 24.1 Å². The first-order chi connectivity index (χ1) is 10.5. The van der Waals surface area contributed by atoms with Crippen LogP contribution in [0.5, 0.6) is 0 Å². The smallest absolute Gasteiger partial charge is 0.261 e. The summed E-state index contributed by atoms with van der Waals surface area (Å²) in [5.41, 5.74) is 5.07. The summed E-state index contributed by atoms with van der Waals surface area (Å²) in [6.07, 6.45) is -0.485. The first kappa shape index (κ1) is 16.8. The summed E-state index contributed by atoms with van der Waals surface area (Å²) < 4.78 is 11.4. The summed E-state index contributed by atoms with van der Waals surface area (Å²) in [7, 11) is -2.99. The number of fused-ring (bicyclic) bond motifs is 1. The molecule has 3 atom stereocenters. The molecule has 0 fully saturated rings. The number of carbonyl (C=O) groups is 2. The van der Waals surface area contributed by atoms with Gasteiger partial charge in [0.1, 0.15) is 0 Å². The van der Waals surface area contributed by atoms with Crippen molar-refractivity contribution in [3.05, 3.63) is 35.4 Å². The molecule has 7 nitrogen and oxygen atoms in total. The van der Waals surface area contributed by atoms with Crippen LogP contribution in [0, 0.1) is 0 Å². The molecule has 120 valence electrons. The molecular weight excluding hydrogens is 307 g/mol. The Bertz CT molecular complexity index is 572. The zero-order chi connectivity index (χ0) is 16.3. The summed E-state index contributed by atoms with van der Waals surface area (Å²) in [6, 6.07) is 6.40. The average Bonchev–Trinajstić information content (AvgIpc) is 2.73. The highest BCUT2D eigenvalue weighted by molar-refractivity contribution is 7.39. The second-order valence-electron chi connectivity index (χ2n) is 5.21. The van der Waals surface area contributed by atoms with Crippen molar-refractivity contribution in [1.82, 2.24) is 4.90 Å². The lowest BCUT2D eigenvalue weighted by Crippen LogP contribution is -2.41. The quantitative estimate of drug-likeness (QED) is 0.487. The molecule has 2 amide bonds. The van der Waals surface area contributed by atoms with Crippen LogP contribution in [0.25, 0.3) is 0 Å². The Hall–Kier alpha value is -1.53. The van der Waals surface area contributed by atoms with Crippen LogP contribution in [0.3, 0.4) is 0 Å². The van der Waals surface area contributed by atoms with E-state index >= 15 is 0 Å². The molecule has 3 unspecified atom stereocenters. The molecule has 1 aliphatic heterocycles. The third-order valence-corrected chi connectivity index (χ3v) is 5.06. The molecule has 0 bridgehead atoms. The van der Waals surface area contributed by atoms with Crippen molar-refractivity contribution in [3.8, 4) is 0 Å². The summed E-state index contributed by atoms with van der Waals surface area (Å²) >= 11 is 0. The van der Waals surface area contributed by atoms with Crippen LogP contribution in [0.15, 0.2) is 24.3 Å². The number of imide groups is 1.